The van der Waals surface area contributed by atoms with Crippen LogP contribution in [0.4, 0.5) is 11.4 Å². The molecule has 0 aromatic heterocycles. The minimum Gasteiger partial charge on any atom is -0.497 e. The number of halogens is 1. The number of anilines is 2. The zero-order valence-electron chi connectivity index (χ0n) is 9.77. The summed E-state index contributed by atoms with van der Waals surface area (Å²) in [5.41, 5.74) is 2.13. The maximum Gasteiger partial charge on any atom is 0.119 e. The van der Waals surface area contributed by atoms with Crippen LogP contribution in [-0.2, 0) is 0 Å². The van der Waals surface area contributed by atoms with E-state index in [4.69, 9.17) is 21.6 Å². The highest BCUT2D eigenvalue weighted by Crippen LogP contribution is 2.24. The van der Waals surface area contributed by atoms with Gasteiger partial charge in [-0.05, 0) is 42.5 Å². The minimum atomic E-state index is 0.512. The molecular weight excluding hydrogens is 248 g/mol. The van der Waals surface area contributed by atoms with Crippen LogP contribution in [0.3, 0.4) is 0 Å². The van der Waals surface area contributed by atoms with Crippen molar-refractivity contribution in [3.05, 3.63) is 53.1 Å². The summed E-state index contributed by atoms with van der Waals surface area (Å²) in [6.45, 7) is 0. The molecule has 4 heteroatoms. The lowest BCUT2D eigenvalue weighted by molar-refractivity contribution is 0.415. The molecule has 0 unspecified atom stereocenters. The fourth-order valence-corrected chi connectivity index (χ4v) is 1.72. The fraction of sp³-hybridized carbons (Fsp3) is 0.0714. The Balaban J connectivity index is 2.25. The van der Waals surface area contributed by atoms with Crippen molar-refractivity contribution >= 4 is 23.0 Å². The topological polar surface area (TPSA) is 45.0 Å². The molecule has 0 bridgehead atoms. The average molecular weight is 259 g/mol. The maximum absolute atomic E-state index is 9.03. The third-order valence-corrected chi connectivity index (χ3v) is 2.71. The molecule has 0 saturated carbocycles. The first-order valence-corrected chi connectivity index (χ1v) is 5.71. The van der Waals surface area contributed by atoms with Gasteiger partial charge in [0.25, 0.3) is 0 Å². The molecule has 2 aromatic rings. The monoisotopic (exact) mass is 258 g/mol. The Morgan fingerprint density at radius 1 is 1.17 bits per heavy atom. The molecule has 1 N–H and O–H groups in total. The number of nitrogens with zero attached hydrogens (tertiary/aromatic N) is 1. The van der Waals surface area contributed by atoms with E-state index in [2.05, 4.69) is 11.4 Å². The Hall–Kier alpha value is -2.18. The van der Waals surface area contributed by atoms with Gasteiger partial charge >= 0.3 is 0 Å². The molecule has 2 rings (SSSR count). The van der Waals surface area contributed by atoms with E-state index in [-0.39, 0.29) is 0 Å². The molecule has 2 aromatic carbocycles. The van der Waals surface area contributed by atoms with Crippen LogP contribution >= 0.6 is 11.6 Å². The summed E-state index contributed by atoms with van der Waals surface area (Å²) in [5, 5.41) is 12.7. The molecule has 0 spiro atoms. The van der Waals surface area contributed by atoms with Crippen LogP contribution in [0.2, 0.25) is 5.02 Å². The van der Waals surface area contributed by atoms with Crippen molar-refractivity contribution < 1.29 is 4.74 Å². The largest absolute Gasteiger partial charge is 0.497 e. The maximum atomic E-state index is 9.03. The molecule has 0 radical (unpaired) electrons. The number of hydrogen-bond acceptors (Lipinski definition) is 3. The van der Waals surface area contributed by atoms with E-state index in [1.165, 1.54) is 0 Å². The van der Waals surface area contributed by atoms with Crippen molar-refractivity contribution in [3.63, 3.8) is 0 Å². The van der Waals surface area contributed by atoms with Gasteiger partial charge in [0.15, 0.2) is 0 Å². The normalized spacial score (nSPS) is 9.61. The van der Waals surface area contributed by atoms with Crippen LogP contribution in [0.25, 0.3) is 0 Å². The highest BCUT2D eigenvalue weighted by atomic mass is 35.5. The molecule has 0 saturated heterocycles. The zero-order chi connectivity index (χ0) is 13.0. The molecule has 18 heavy (non-hydrogen) atoms. The van der Waals surface area contributed by atoms with Gasteiger partial charge < -0.3 is 10.1 Å². The number of hydrogen-bond donors (Lipinski definition) is 1. The van der Waals surface area contributed by atoms with Crippen LogP contribution in [0.5, 0.6) is 5.75 Å². The van der Waals surface area contributed by atoms with E-state index < -0.39 is 0 Å². The lowest BCUT2D eigenvalue weighted by Crippen LogP contribution is -1.93. The van der Waals surface area contributed by atoms with Crippen molar-refractivity contribution in [1.82, 2.24) is 0 Å². The fourth-order valence-electron chi connectivity index (χ4n) is 1.55. The highest BCUT2D eigenvalue weighted by Gasteiger charge is 2.03. The van der Waals surface area contributed by atoms with Crippen molar-refractivity contribution in [3.8, 4) is 11.8 Å². The van der Waals surface area contributed by atoms with Crippen molar-refractivity contribution in [1.29, 1.82) is 5.26 Å². The van der Waals surface area contributed by atoms with Crippen LogP contribution in [-0.4, -0.2) is 7.11 Å². The lowest BCUT2D eigenvalue weighted by atomic mass is 10.2. The van der Waals surface area contributed by atoms with Crippen LogP contribution in [0, 0.1) is 11.3 Å². The molecule has 0 aliphatic rings. The SMILES string of the molecule is COc1ccc(Nc2ccc(Cl)cc2C#N)cc1. The second-order valence-electron chi connectivity index (χ2n) is 3.66. The Morgan fingerprint density at radius 2 is 1.89 bits per heavy atom. The number of rotatable bonds is 3. The Kier molecular flexibility index (Phi) is 3.71. The van der Waals surface area contributed by atoms with E-state index in [1.54, 1.807) is 25.3 Å². The zero-order valence-corrected chi connectivity index (χ0v) is 10.5. The summed E-state index contributed by atoms with van der Waals surface area (Å²) in [4.78, 5) is 0. The van der Waals surface area contributed by atoms with Crippen LogP contribution < -0.4 is 10.1 Å². The Bertz CT molecular complexity index is 588. The molecular formula is C14H11ClN2O. The van der Waals surface area contributed by atoms with Crippen molar-refractivity contribution in [2.45, 2.75) is 0 Å². The van der Waals surface area contributed by atoms with Gasteiger partial charge in [0.05, 0.1) is 18.4 Å². The molecule has 0 aliphatic carbocycles. The number of benzene rings is 2. The van der Waals surface area contributed by atoms with Crippen molar-refractivity contribution in [2.24, 2.45) is 0 Å². The number of nitriles is 1. The Morgan fingerprint density at radius 3 is 2.50 bits per heavy atom. The third kappa shape index (κ3) is 2.73. The standard InChI is InChI=1S/C14H11ClN2O/c1-18-13-5-3-12(4-6-13)17-14-7-2-11(15)8-10(14)9-16/h2-8,17H,1H3. The first kappa shape index (κ1) is 12.3. The quantitative estimate of drug-likeness (QED) is 0.906. The lowest BCUT2D eigenvalue weighted by Gasteiger charge is -2.09. The van der Waals surface area contributed by atoms with Gasteiger partial charge in [0.2, 0.25) is 0 Å². The number of methoxy groups -OCH3 is 1. The van der Waals surface area contributed by atoms with Gasteiger partial charge in [-0.3, -0.25) is 0 Å². The first-order valence-electron chi connectivity index (χ1n) is 5.33. The molecule has 0 fully saturated rings. The van der Waals surface area contributed by atoms with Gasteiger partial charge in [-0.25, -0.2) is 0 Å². The van der Waals surface area contributed by atoms with Gasteiger partial charge in [-0.15, -0.1) is 0 Å². The molecule has 0 amide bonds. The molecule has 0 atom stereocenters. The summed E-state index contributed by atoms with van der Waals surface area (Å²) >= 11 is 5.84. The Labute approximate surface area is 111 Å². The van der Waals surface area contributed by atoms with Gasteiger partial charge in [0.1, 0.15) is 11.8 Å². The minimum absolute atomic E-state index is 0.512. The van der Waals surface area contributed by atoms with Crippen LogP contribution in [0.1, 0.15) is 5.56 Å². The summed E-state index contributed by atoms with van der Waals surface area (Å²) < 4.78 is 5.08. The molecule has 90 valence electrons. The highest BCUT2D eigenvalue weighted by molar-refractivity contribution is 6.30. The van der Waals surface area contributed by atoms with E-state index in [0.29, 0.717) is 10.6 Å². The molecule has 0 aliphatic heterocycles. The van der Waals surface area contributed by atoms with Crippen LogP contribution in [0.15, 0.2) is 42.5 Å². The second-order valence-corrected chi connectivity index (χ2v) is 4.09. The number of nitrogens with one attached hydrogen (secondary N) is 1. The summed E-state index contributed by atoms with van der Waals surface area (Å²) in [6, 6.07) is 14.7. The second kappa shape index (κ2) is 5.44. The van der Waals surface area contributed by atoms with E-state index in [0.717, 1.165) is 17.1 Å². The van der Waals surface area contributed by atoms with Crippen molar-refractivity contribution in [2.75, 3.05) is 12.4 Å². The van der Waals surface area contributed by atoms with Gasteiger partial charge in [0, 0.05) is 10.7 Å². The predicted octanol–water partition coefficient (Wildman–Crippen LogP) is 3.96. The molecule has 0 heterocycles. The van der Waals surface area contributed by atoms with Gasteiger partial charge in [-0.2, -0.15) is 5.26 Å². The summed E-state index contributed by atoms with van der Waals surface area (Å²) in [6.07, 6.45) is 0. The average Bonchev–Trinajstić information content (AvgIpc) is 2.41. The smallest absolute Gasteiger partial charge is 0.119 e. The first-order chi connectivity index (χ1) is 8.72. The van der Waals surface area contributed by atoms with E-state index in [9.17, 15) is 0 Å². The van der Waals surface area contributed by atoms with E-state index >= 15 is 0 Å². The van der Waals surface area contributed by atoms with Gasteiger partial charge in [-0.1, -0.05) is 11.6 Å². The number of ether oxygens (including phenoxy) is 1. The summed E-state index contributed by atoms with van der Waals surface area (Å²) in [7, 11) is 1.62. The predicted molar refractivity (Wildman–Crippen MR) is 72.4 cm³/mol. The molecule has 3 nitrogen and oxygen atoms in total. The van der Waals surface area contributed by atoms with E-state index in [1.807, 2.05) is 24.3 Å². The third-order valence-electron chi connectivity index (χ3n) is 2.47. The summed E-state index contributed by atoms with van der Waals surface area (Å²) in [5.74, 6) is 0.789.